The molecule has 1 saturated heterocycles. The van der Waals surface area contributed by atoms with Crippen LogP contribution in [0.3, 0.4) is 0 Å². The Labute approximate surface area is 153 Å². The van der Waals surface area contributed by atoms with Crippen LogP contribution in [0.5, 0.6) is 17.4 Å². The molecular weight excluding hydrogens is 330 g/mol. The molecule has 0 saturated carbocycles. The van der Waals surface area contributed by atoms with Crippen molar-refractivity contribution in [3.05, 3.63) is 48.2 Å². The fraction of sp³-hybridized carbons (Fsp3) is 0.400. The minimum absolute atomic E-state index is 0.0479. The first-order chi connectivity index (χ1) is 12.8. The van der Waals surface area contributed by atoms with E-state index in [1.807, 2.05) is 36.4 Å². The normalized spacial score (nSPS) is 16.3. The highest BCUT2D eigenvalue weighted by atomic mass is 16.5. The Kier molecular flexibility index (Phi) is 6.44. The molecule has 1 aliphatic heterocycles. The summed E-state index contributed by atoms with van der Waals surface area (Å²) in [6, 6.07) is 11.2. The fourth-order valence-electron chi connectivity index (χ4n) is 2.79. The standard InChI is InChI=1S/C20H25N3O3/c1-2-12-25-17-5-7-18(8-6-17)26-20-16(4-3-10-22-20)14-23-19(24)15-9-11-21-13-15/h3-8,10,15,21H,2,9,11-14H2,1H3,(H,23,24). The summed E-state index contributed by atoms with van der Waals surface area (Å²) in [6.07, 6.45) is 3.53. The molecule has 1 aromatic carbocycles. The number of carbonyl (C=O) groups excluding carboxylic acids is 1. The summed E-state index contributed by atoms with van der Waals surface area (Å²) in [4.78, 5) is 16.5. The number of benzene rings is 1. The van der Waals surface area contributed by atoms with E-state index in [0.29, 0.717) is 24.8 Å². The maximum absolute atomic E-state index is 12.2. The van der Waals surface area contributed by atoms with E-state index in [1.54, 1.807) is 6.20 Å². The van der Waals surface area contributed by atoms with Crippen LogP contribution in [-0.2, 0) is 11.3 Å². The molecule has 3 rings (SSSR count). The first-order valence-corrected chi connectivity index (χ1v) is 9.09. The van der Waals surface area contributed by atoms with Crippen molar-refractivity contribution >= 4 is 5.91 Å². The lowest BCUT2D eigenvalue weighted by atomic mass is 10.1. The van der Waals surface area contributed by atoms with E-state index in [9.17, 15) is 4.79 Å². The molecule has 2 aromatic rings. The number of carbonyl (C=O) groups is 1. The van der Waals surface area contributed by atoms with Gasteiger partial charge in [-0.25, -0.2) is 4.98 Å². The van der Waals surface area contributed by atoms with Gasteiger partial charge in [-0.2, -0.15) is 0 Å². The third-order valence-corrected chi connectivity index (χ3v) is 4.25. The first kappa shape index (κ1) is 18.2. The summed E-state index contributed by atoms with van der Waals surface area (Å²) in [7, 11) is 0. The molecule has 0 radical (unpaired) electrons. The predicted molar refractivity (Wildman–Crippen MR) is 99.4 cm³/mol. The highest BCUT2D eigenvalue weighted by Crippen LogP contribution is 2.25. The van der Waals surface area contributed by atoms with Crippen molar-refractivity contribution in [1.82, 2.24) is 15.6 Å². The minimum atomic E-state index is 0.0479. The SMILES string of the molecule is CCCOc1ccc(Oc2ncccc2CNC(=O)C2CCNC2)cc1. The Balaban J connectivity index is 1.60. The zero-order chi connectivity index (χ0) is 18.2. The van der Waals surface area contributed by atoms with Gasteiger partial charge in [-0.3, -0.25) is 4.79 Å². The number of rotatable bonds is 8. The summed E-state index contributed by atoms with van der Waals surface area (Å²) in [5.74, 6) is 2.12. The lowest BCUT2D eigenvalue weighted by Crippen LogP contribution is -2.31. The van der Waals surface area contributed by atoms with E-state index in [4.69, 9.17) is 9.47 Å². The average molecular weight is 355 g/mol. The zero-order valence-corrected chi connectivity index (χ0v) is 15.0. The Morgan fingerprint density at radius 3 is 2.81 bits per heavy atom. The molecule has 1 aromatic heterocycles. The second kappa shape index (κ2) is 9.20. The van der Waals surface area contributed by atoms with Gasteiger partial charge in [0.05, 0.1) is 12.5 Å². The van der Waals surface area contributed by atoms with Crippen LogP contribution in [0.4, 0.5) is 0 Å². The number of nitrogens with one attached hydrogen (secondary N) is 2. The van der Waals surface area contributed by atoms with Gasteiger partial charge < -0.3 is 20.1 Å². The van der Waals surface area contributed by atoms with Crippen LogP contribution in [0, 0.1) is 5.92 Å². The molecule has 138 valence electrons. The second-order valence-electron chi connectivity index (χ2n) is 6.30. The van der Waals surface area contributed by atoms with Gasteiger partial charge in [-0.15, -0.1) is 0 Å². The summed E-state index contributed by atoms with van der Waals surface area (Å²) in [5, 5.41) is 6.18. The molecule has 1 atom stereocenters. The van der Waals surface area contributed by atoms with Crippen molar-refractivity contribution in [3.8, 4) is 17.4 Å². The molecule has 6 heteroatoms. The smallest absolute Gasteiger partial charge is 0.224 e. The van der Waals surface area contributed by atoms with E-state index >= 15 is 0 Å². The lowest BCUT2D eigenvalue weighted by Gasteiger charge is -2.13. The fourth-order valence-corrected chi connectivity index (χ4v) is 2.79. The van der Waals surface area contributed by atoms with E-state index < -0.39 is 0 Å². The van der Waals surface area contributed by atoms with Crippen LogP contribution in [0.1, 0.15) is 25.3 Å². The number of ether oxygens (including phenoxy) is 2. The number of hydrogen-bond acceptors (Lipinski definition) is 5. The third-order valence-electron chi connectivity index (χ3n) is 4.25. The van der Waals surface area contributed by atoms with Gasteiger partial charge in [0, 0.05) is 24.8 Å². The van der Waals surface area contributed by atoms with Crippen LogP contribution in [0.2, 0.25) is 0 Å². The van der Waals surface area contributed by atoms with E-state index in [1.165, 1.54) is 0 Å². The van der Waals surface area contributed by atoms with E-state index in [0.717, 1.165) is 37.2 Å². The van der Waals surface area contributed by atoms with Crippen molar-refractivity contribution in [2.45, 2.75) is 26.3 Å². The van der Waals surface area contributed by atoms with Crippen LogP contribution in [0.25, 0.3) is 0 Å². The Morgan fingerprint density at radius 2 is 2.08 bits per heavy atom. The Hall–Kier alpha value is -2.60. The molecule has 0 aliphatic carbocycles. The van der Waals surface area contributed by atoms with Crippen LogP contribution < -0.4 is 20.1 Å². The largest absolute Gasteiger partial charge is 0.494 e. The van der Waals surface area contributed by atoms with Crippen molar-refractivity contribution in [2.24, 2.45) is 5.92 Å². The number of aromatic nitrogens is 1. The molecule has 1 unspecified atom stereocenters. The average Bonchev–Trinajstić information content (AvgIpc) is 3.21. The lowest BCUT2D eigenvalue weighted by molar-refractivity contribution is -0.124. The van der Waals surface area contributed by atoms with E-state index in [-0.39, 0.29) is 11.8 Å². The van der Waals surface area contributed by atoms with Gasteiger partial charge in [0.2, 0.25) is 11.8 Å². The van der Waals surface area contributed by atoms with Crippen LogP contribution in [-0.4, -0.2) is 30.6 Å². The van der Waals surface area contributed by atoms with Gasteiger partial charge in [-0.05, 0) is 49.7 Å². The van der Waals surface area contributed by atoms with Crippen LogP contribution >= 0.6 is 0 Å². The van der Waals surface area contributed by atoms with Gasteiger partial charge in [0.25, 0.3) is 0 Å². The molecule has 0 spiro atoms. The van der Waals surface area contributed by atoms with Gasteiger partial charge >= 0.3 is 0 Å². The molecule has 2 heterocycles. The Morgan fingerprint density at radius 1 is 1.27 bits per heavy atom. The molecule has 6 nitrogen and oxygen atoms in total. The zero-order valence-electron chi connectivity index (χ0n) is 15.0. The molecule has 2 N–H and O–H groups in total. The van der Waals surface area contributed by atoms with Crippen molar-refractivity contribution in [1.29, 1.82) is 0 Å². The monoisotopic (exact) mass is 355 g/mol. The Bertz CT molecular complexity index is 712. The molecular formula is C20H25N3O3. The molecule has 1 fully saturated rings. The van der Waals surface area contributed by atoms with Crippen molar-refractivity contribution < 1.29 is 14.3 Å². The summed E-state index contributed by atoms with van der Waals surface area (Å²) < 4.78 is 11.5. The summed E-state index contributed by atoms with van der Waals surface area (Å²) in [6.45, 7) is 4.81. The maximum Gasteiger partial charge on any atom is 0.224 e. The number of nitrogens with zero attached hydrogens (tertiary/aromatic N) is 1. The van der Waals surface area contributed by atoms with Crippen molar-refractivity contribution in [3.63, 3.8) is 0 Å². The topological polar surface area (TPSA) is 72.5 Å². The highest BCUT2D eigenvalue weighted by Gasteiger charge is 2.22. The molecule has 26 heavy (non-hydrogen) atoms. The summed E-state index contributed by atoms with van der Waals surface area (Å²) in [5.41, 5.74) is 0.845. The maximum atomic E-state index is 12.2. The highest BCUT2D eigenvalue weighted by molar-refractivity contribution is 5.79. The van der Waals surface area contributed by atoms with Gasteiger partial charge in [-0.1, -0.05) is 13.0 Å². The third kappa shape index (κ3) is 4.95. The van der Waals surface area contributed by atoms with Crippen molar-refractivity contribution in [2.75, 3.05) is 19.7 Å². The molecule has 1 aliphatic rings. The summed E-state index contributed by atoms with van der Waals surface area (Å²) >= 11 is 0. The number of pyridine rings is 1. The predicted octanol–water partition coefficient (Wildman–Crippen LogP) is 2.89. The first-order valence-electron chi connectivity index (χ1n) is 9.09. The quantitative estimate of drug-likeness (QED) is 0.762. The number of hydrogen-bond donors (Lipinski definition) is 2. The molecule has 0 bridgehead atoms. The van der Waals surface area contributed by atoms with Gasteiger partial charge in [0.1, 0.15) is 11.5 Å². The second-order valence-corrected chi connectivity index (χ2v) is 6.30. The van der Waals surface area contributed by atoms with Gasteiger partial charge in [0.15, 0.2) is 0 Å². The van der Waals surface area contributed by atoms with E-state index in [2.05, 4.69) is 22.5 Å². The number of amides is 1. The molecule has 1 amide bonds. The minimum Gasteiger partial charge on any atom is -0.494 e. The van der Waals surface area contributed by atoms with Crippen LogP contribution in [0.15, 0.2) is 42.6 Å².